The predicted molar refractivity (Wildman–Crippen MR) is 106 cm³/mol. The van der Waals surface area contributed by atoms with E-state index in [4.69, 9.17) is 11.6 Å². The Bertz CT molecular complexity index is 774. The van der Waals surface area contributed by atoms with E-state index in [1.165, 1.54) is 0 Å². The summed E-state index contributed by atoms with van der Waals surface area (Å²) < 4.78 is 0. The SMILES string of the molecule is C=CC[C@@]1(C)C[C@H](C)[C@@H](c2ccc(Cl)cc2)N(Cc2ccccn2)C1=O. The first-order chi connectivity index (χ1) is 12.4. The number of halogens is 1. The largest absolute Gasteiger partial charge is 0.329 e. The highest BCUT2D eigenvalue weighted by molar-refractivity contribution is 6.30. The van der Waals surface area contributed by atoms with Gasteiger partial charge in [0.05, 0.1) is 23.7 Å². The maximum Gasteiger partial charge on any atom is 0.229 e. The fraction of sp³-hybridized carbons (Fsp3) is 0.364. The van der Waals surface area contributed by atoms with Gasteiger partial charge in [-0.1, -0.05) is 49.7 Å². The number of amides is 1. The van der Waals surface area contributed by atoms with Gasteiger partial charge in [0.15, 0.2) is 0 Å². The van der Waals surface area contributed by atoms with Crippen molar-refractivity contribution in [3.8, 4) is 0 Å². The van der Waals surface area contributed by atoms with Crippen LogP contribution in [0.2, 0.25) is 5.02 Å². The topological polar surface area (TPSA) is 33.2 Å². The molecule has 3 atom stereocenters. The van der Waals surface area contributed by atoms with Gasteiger partial charge in [-0.05, 0) is 48.6 Å². The number of hydrogen-bond donors (Lipinski definition) is 0. The molecule has 1 aliphatic heterocycles. The minimum Gasteiger partial charge on any atom is -0.329 e. The summed E-state index contributed by atoms with van der Waals surface area (Å²) in [5.41, 5.74) is 1.60. The number of benzene rings is 1. The van der Waals surface area contributed by atoms with Crippen molar-refractivity contribution in [3.63, 3.8) is 0 Å². The van der Waals surface area contributed by atoms with Gasteiger partial charge in [-0.3, -0.25) is 9.78 Å². The van der Waals surface area contributed by atoms with E-state index in [1.54, 1.807) is 6.20 Å². The predicted octanol–water partition coefficient (Wildman–Crippen LogP) is 5.43. The van der Waals surface area contributed by atoms with Crippen LogP contribution >= 0.6 is 11.6 Å². The molecule has 26 heavy (non-hydrogen) atoms. The summed E-state index contributed by atoms with van der Waals surface area (Å²) in [6, 6.07) is 13.7. The highest BCUT2D eigenvalue weighted by atomic mass is 35.5. The molecule has 0 bridgehead atoms. The molecule has 0 aliphatic carbocycles. The van der Waals surface area contributed by atoms with Crippen molar-refractivity contribution >= 4 is 17.5 Å². The molecule has 1 saturated heterocycles. The minimum atomic E-state index is -0.418. The molecule has 2 heterocycles. The van der Waals surface area contributed by atoms with Gasteiger partial charge < -0.3 is 4.90 Å². The fourth-order valence-electron chi connectivity index (χ4n) is 4.18. The van der Waals surface area contributed by atoms with Crippen LogP contribution < -0.4 is 0 Å². The zero-order valence-corrected chi connectivity index (χ0v) is 16.1. The first-order valence-electron chi connectivity index (χ1n) is 9.02. The molecule has 1 amide bonds. The molecule has 3 rings (SSSR count). The summed E-state index contributed by atoms with van der Waals surface area (Å²) in [6.45, 7) is 8.63. The number of piperidine rings is 1. The number of aromatic nitrogens is 1. The second kappa shape index (κ2) is 7.63. The van der Waals surface area contributed by atoms with Gasteiger partial charge in [0, 0.05) is 11.2 Å². The molecule has 0 spiro atoms. The Morgan fingerprint density at radius 2 is 2.04 bits per heavy atom. The van der Waals surface area contributed by atoms with Crippen LogP contribution in [0, 0.1) is 11.3 Å². The highest BCUT2D eigenvalue weighted by Crippen LogP contribution is 2.46. The molecule has 136 valence electrons. The third kappa shape index (κ3) is 3.68. The Kier molecular flexibility index (Phi) is 5.47. The van der Waals surface area contributed by atoms with Gasteiger partial charge in [0.1, 0.15) is 0 Å². The molecule has 0 unspecified atom stereocenters. The van der Waals surface area contributed by atoms with E-state index in [0.717, 1.165) is 17.7 Å². The number of allylic oxidation sites excluding steroid dienone is 1. The number of likely N-dealkylation sites (tertiary alicyclic amines) is 1. The van der Waals surface area contributed by atoms with Crippen molar-refractivity contribution in [1.82, 2.24) is 9.88 Å². The highest BCUT2D eigenvalue weighted by Gasteiger charge is 2.47. The van der Waals surface area contributed by atoms with E-state index < -0.39 is 5.41 Å². The maximum atomic E-state index is 13.5. The van der Waals surface area contributed by atoms with Crippen molar-refractivity contribution in [3.05, 3.63) is 77.6 Å². The van der Waals surface area contributed by atoms with Crippen LogP contribution in [0.15, 0.2) is 61.3 Å². The van der Waals surface area contributed by atoms with E-state index in [9.17, 15) is 4.79 Å². The zero-order chi connectivity index (χ0) is 18.7. The van der Waals surface area contributed by atoms with Crippen LogP contribution in [0.3, 0.4) is 0 Å². The van der Waals surface area contributed by atoms with Crippen LogP contribution in [0.5, 0.6) is 0 Å². The minimum absolute atomic E-state index is 0.0136. The number of nitrogens with zero attached hydrogens (tertiary/aromatic N) is 2. The van der Waals surface area contributed by atoms with Crippen molar-refractivity contribution in [1.29, 1.82) is 0 Å². The van der Waals surface area contributed by atoms with Gasteiger partial charge in [-0.2, -0.15) is 0 Å². The third-order valence-corrected chi connectivity index (χ3v) is 5.54. The third-order valence-electron chi connectivity index (χ3n) is 5.29. The summed E-state index contributed by atoms with van der Waals surface area (Å²) in [5.74, 6) is 0.489. The first kappa shape index (κ1) is 18.7. The molecule has 1 fully saturated rings. The first-order valence-corrected chi connectivity index (χ1v) is 9.40. The number of pyridine rings is 1. The van der Waals surface area contributed by atoms with Gasteiger partial charge in [-0.15, -0.1) is 6.58 Å². The van der Waals surface area contributed by atoms with Gasteiger partial charge in [-0.25, -0.2) is 0 Å². The molecule has 4 heteroatoms. The van der Waals surface area contributed by atoms with Gasteiger partial charge in [0.2, 0.25) is 5.91 Å². The monoisotopic (exact) mass is 368 g/mol. The van der Waals surface area contributed by atoms with Crippen LogP contribution in [-0.2, 0) is 11.3 Å². The molecule has 0 N–H and O–H groups in total. The molecular weight excluding hydrogens is 344 g/mol. The van der Waals surface area contributed by atoms with Crippen molar-refractivity contribution < 1.29 is 4.79 Å². The Balaban J connectivity index is 2.01. The van der Waals surface area contributed by atoms with E-state index in [2.05, 4.69) is 25.4 Å². The molecule has 0 saturated carbocycles. The fourth-order valence-corrected chi connectivity index (χ4v) is 4.31. The molecule has 2 aromatic rings. The van der Waals surface area contributed by atoms with E-state index in [0.29, 0.717) is 23.9 Å². The van der Waals surface area contributed by atoms with Crippen LogP contribution in [0.25, 0.3) is 0 Å². The summed E-state index contributed by atoms with van der Waals surface area (Å²) in [6.07, 6.45) is 5.14. The van der Waals surface area contributed by atoms with Crippen LogP contribution in [-0.4, -0.2) is 15.8 Å². The zero-order valence-electron chi connectivity index (χ0n) is 15.4. The van der Waals surface area contributed by atoms with Gasteiger partial charge in [0.25, 0.3) is 0 Å². The summed E-state index contributed by atoms with van der Waals surface area (Å²) in [4.78, 5) is 19.9. The van der Waals surface area contributed by atoms with E-state index in [-0.39, 0.29) is 11.9 Å². The number of hydrogen-bond acceptors (Lipinski definition) is 2. The molecular formula is C22H25ClN2O. The number of rotatable bonds is 5. The summed E-state index contributed by atoms with van der Waals surface area (Å²) in [7, 11) is 0. The van der Waals surface area contributed by atoms with Crippen LogP contribution in [0.1, 0.15) is 44.0 Å². The quantitative estimate of drug-likeness (QED) is 0.659. The van der Waals surface area contributed by atoms with Crippen molar-refractivity contribution in [2.24, 2.45) is 11.3 Å². The smallest absolute Gasteiger partial charge is 0.229 e. The van der Waals surface area contributed by atoms with Crippen molar-refractivity contribution in [2.75, 3.05) is 0 Å². The Morgan fingerprint density at radius 3 is 2.65 bits per heavy atom. The lowest BCUT2D eigenvalue weighted by atomic mass is 9.70. The number of carbonyl (C=O) groups excluding carboxylic acids is 1. The normalized spacial score (nSPS) is 26.0. The summed E-state index contributed by atoms with van der Waals surface area (Å²) in [5, 5.41) is 0.705. The van der Waals surface area contributed by atoms with Crippen LogP contribution in [0.4, 0.5) is 0 Å². The molecule has 1 aromatic carbocycles. The average molecular weight is 369 g/mol. The second-order valence-electron chi connectivity index (χ2n) is 7.49. The molecule has 3 nitrogen and oxygen atoms in total. The Hall–Kier alpha value is -2.13. The van der Waals surface area contributed by atoms with E-state index >= 15 is 0 Å². The Labute approximate surface area is 160 Å². The summed E-state index contributed by atoms with van der Waals surface area (Å²) >= 11 is 6.07. The lowest BCUT2D eigenvalue weighted by Crippen LogP contribution is -2.51. The number of carbonyl (C=O) groups is 1. The standard InChI is InChI=1S/C22H25ClN2O/c1-4-12-22(3)14-16(2)20(17-8-10-18(23)11-9-17)25(21(22)26)15-19-7-5-6-13-24-19/h4-11,13,16,20H,1,12,14-15H2,2-3H3/t16-,20-,22-/m0/s1. The lowest BCUT2D eigenvalue weighted by Gasteiger charge is -2.48. The van der Waals surface area contributed by atoms with Gasteiger partial charge >= 0.3 is 0 Å². The maximum absolute atomic E-state index is 13.5. The lowest BCUT2D eigenvalue weighted by molar-refractivity contribution is -0.153. The molecule has 1 aromatic heterocycles. The van der Waals surface area contributed by atoms with Crippen molar-refractivity contribution in [2.45, 2.75) is 39.3 Å². The molecule has 0 radical (unpaired) electrons. The Morgan fingerprint density at radius 1 is 1.31 bits per heavy atom. The second-order valence-corrected chi connectivity index (χ2v) is 7.92. The average Bonchev–Trinajstić information content (AvgIpc) is 2.62. The molecule has 1 aliphatic rings. The van der Waals surface area contributed by atoms with E-state index in [1.807, 2.05) is 53.4 Å².